The Labute approximate surface area is 332 Å². The summed E-state index contributed by atoms with van der Waals surface area (Å²) < 4.78 is 48.7. The molecular weight excluding hydrogens is 756 g/mol. The molecule has 15 heteroatoms. The molecule has 300 valence electrons. The first-order valence-electron chi connectivity index (χ1n) is 18.2. The Balaban J connectivity index is 0.911. The Morgan fingerprint density at radius 2 is 0.931 bits per heavy atom. The molecule has 0 N–H and O–H groups in total. The van der Waals surface area contributed by atoms with E-state index < -0.39 is 60.4 Å². The second-order valence-corrected chi connectivity index (χ2v) is 13.0. The number of rotatable bonds is 15. The summed E-state index contributed by atoms with van der Waals surface area (Å²) in [6.07, 6.45) is -1.77. The summed E-state index contributed by atoms with van der Waals surface area (Å²) in [5.74, 6) is -2.47. The second kappa shape index (κ2) is 19.3. The fraction of sp³-hybridized carbons (Fsp3) is 0.256. The predicted molar refractivity (Wildman–Crippen MR) is 201 cm³/mol. The number of carbonyl (C=O) groups is 6. The molecule has 15 nitrogen and oxygen atoms in total. The minimum atomic E-state index is -0.931. The highest BCUT2D eigenvalue weighted by Crippen LogP contribution is 2.32. The van der Waals surface area contributed by atoms with E-state index in [0.29, 0.717) is 18.4 Å². The highest BCUT2D eigenvalue weighted by Gasteiger charge is 2.51. The van der Waals surface area contributed by atoms with Crippen LogP contribution in [-0.4, -0.2) is 86.8 Å². The number of hydrogen-bond acceptors (Lipinski definition) is 15. The zero-order chi connectivity index (χ0) is 41.0. The summed E-state index contributed by atoms with van der Waals surface area (Å²) in [5.41, 5.74) is 1.99. The first-order chi connectivity index (χ1) is 28.1. The molecule has 0 aromatic heterocycles. The first kappa shape index (κ1) is 40.8. The Kier molecular flexibility index (Phi) is 13.6. The van der Waals surface area contributed by atoms with Gasteiger partial charge in [0.25, 0.3) is 0 Å². The van der Waals surface area contributed by atoms with Gasteiger partial charge in [-0.2, -0.15) is 0 Å². The van der Waals surface area contributed by atoms with Gasteiger partial charge in [-0.1, -0.05) is 24.3 Å². The number of carbonyl (C=O) groups excluding carboxylic acids is 6. The van der Waals surface area contributed by atoms with Crippen molar-refractivity contribution >= 4 is 36.0 Å². The van der Waals surface area contributed by atoms with E-state index in [9.17, 15) is 28.8 Å². The second-order valence-electron chi connectivity index (χ2n) is 13.0. The molecule has 0 aliphatic carbocycles. The molecule has 4 aromatic rings. The van der Waals surface area contributed by atoms with Crippen LogP contribution in [-0.2, 0) is 33.2 Å². The average molecular weight is 795 g/mol. The predicted octanol–water partition coefficient (Wildman–Crippen LogP) is 6.01. The molecule has 2 heterocycles. The lowest BCUT2D eigenvalue weighted by atomic mass is 10.1. The van der Waals surface area contributed by atoms with E-state index in [4.69, 9.17) is 42.6 Å². The van der Waals surface area contributed by atoms with Gasteiger partial charge in [-0.05, 0) is 105 Å². The van der Waals surface area contributed by atoms with Crippen LogP contribution >= 0.6 is 0 Å². The van der Waals surface area contributed by atoms with Gasteiger partial charge in [0, 0.05) is 6.08 Å². The van der Waals surface area contributed by atoms with Crippen LogP contribution in [0.4, 0.5) is 4.79 Å². The molecule has 2 fully saturated rings. The zero-order valence-corrected chi connectivity index (χ0v) is 31.2. The van der Waals surface area contributed by atoms with E-state index >= 15 is 0 Å². The van der Waals surface area contributed by atoms with Crippen molar-refractivity contribution in [2.75, 3.05) is 26.4 Å². The molecule has 2 unspecified atom stereocenters. The topological polar surface area (TPSA) is 185 Å². The third-order valence-electron chi connectivity index (χ3n) is 8.83. The molecule has 6 rings (SSSR count). The van der Waals surface area contributed by atoms with Gasteiger partial charge in [-0.3, -0.25) is 0 Å². The molecule has 4 atom stereocenters. The van der Waals surface area contributed by atoms with Gasteiger partial charge in [0.2, 0.25) is 0 Å². The monoisotopic (exact) mass is 794 g/mol. The normalized spacial score (nSPS) is 17.9. The van der Waals surface area contributed by atoms with E-state index in [2.05, 4.69) is 6.58 Å². The molecule has 2 saturated heterocycles. The van der Waals surface area contributed by atoms with Crippen molar-refractivity contribution in [2.24, 2.45) is 0 Å². The van der Waals surface area contributed by atoms with Crippen molar-refractivity contribution < 1.29 is 71.4 Å². The van der Waals surface area contributed by atoms with Gasteiger partial charge < -0.3 is 42.6 Å². The number of fused-ring (bicyclic) bond motifs is 1. The lowest BCUT2D eigenvalue weighted by molar-refractivity contribution is -0.137. The maximum Gasteiger partial charge on any atom is 0.513 e. The van der Waals surface area contributed by atoms with E-state index in [1.165, 1.54) is 72.8 Å². The van der Waals surface area contributed by atoms with Gasteiger partial charge in [0.05, 0.1) is 48.7 Å². The highest BCUT2D eigenvalue weighted by molar-refractivity contribution is 5.93. The van der Waals surface area contributed by atoms with Crippen LogP contribution in [0.5, 0.6) is 17.2 Å². The number of benzene rings is 4. The third kappa shape index (κ3) is 10.9. The van der Waals surface area contributed by atoms with Gasteiger partial charge in [-0.25, -0.2) is 28.8 Å². The standard InChI is InChI=1S/C43H38O15/c1-3-36(44)50-22-4-5-23-51-43(49)56-33-20-14-28(15-21-33)40(46)55-32-18-12-30(13-19-32)42(48)58-35-25-53-37-34(24-52-38(35)37)57-41(47)29-10-16-31(17-11-29)54-39(45)27-8-6-26(2)7-9-27/h3,6-21,34-35,37-38H,1,4-5,22-25H2,2H3/t34-,35+,37?,38?/m1/s1. The largest absolute Gasteiger partial charge is 0.513 e. The fourth-order valence-electron chi connectivity index (χ4n) is 5.76. The fourth-order valence-corrected chi connectivity index (χ4v) is 5.76. The quantitative estimate of drug-likeness (QED) is 0.0340. The van der Waals surface area contributed by atoms with E-state index in [-0.39, 0.29) is 60.4 Å². The van der Waals surface area contributed by atoms with Crippen molar-refractivity contribution in [2.45, 2.75) is 44.2 Å². The molecule has 2 aliphatic rings. The van der Waals surface area contributed by atoms with E-state index in [0.717, 1.165) is 11.6 Å². The van der Waals surface area contributed by atoms with Crippen molar-refractivity contribution in [3.63, 3.8) is 0 Å². The zero-order valence-electron chi connectivity index (χ0n) is 31.2. The lowest BCUT2D eigenvalue weighted by Gasteiger charge is -2.17. The molecule has 0 radical (unpaired) electrons. The molecule has 0 saturated carbocycles. The van der Waals surface area contributed by atoms with Crippen LogP contribution in [0.1, 0.15) is 59.8 Å². The Morgan fingerprint density at radius 1 is 0.552 bits per heavy atom. The van der Waals surface area contributed by atoms with Gasteiger partial charge in [0.15, 0.2) is 12.2 Å². The van der Waals surface area contributed by atoms with Crippen LogP contribution < -0.4 is 14.2 Å². The van der Waals surface area contributed by atoms with Gasteiger partial charge in [-0.15, -0.1) is 0 Å². The summed E-state index contributed by atoms with van der Waals surface area (Å²) in [6.45, 7) is 5.50. The molecule has 0 spiro atoms. The highest BCUT2D eigenvalue weighted by atomic mass is 16.7. The summed E-state index contributed by atoms with van der Waals surface area (Å²) in [6, 6.07) is 24.3. The third-order valence-corrected chi connectivity index (χ3v) is 8.83. The SMILES string of the molecule is C=CC(=O)OCCCCOC(=O)Oc1ccc(C(=O)Oc2ccc(C(=O)O[C@H]3COC4C3OC[C@H]4OC(=O)c3ccc(OC(=O)c4ccc(C)cc4)cc3)cc2)cc1. The first-order valence-corrected chi connectivity index (χ1v) is 18.2. The minimum absolute atomic E-state index is 0.0213. The molecule has 58 heavy (non-hydrogen) atoms. The summed E-state index contributed by atoms with van der Waals surface area (Å²) >= 11 is 0. The Hall–Kier alpha value is -6.84. The summed E-state index contributed by atoms with van der Waals surface area (Å²) in [7, 11) is 0. The molecule has 2 aliphatic heterocycles. The number of ether oxygens (including phenoxy) is 9. The maximum absolute atomic E-state index is 13.0. The molecule has 4 aromatic carbocycles. The lowest BCUT2D eigenvalue weighted by Crippen LogP contribution is -2.36. The Bertz CT molecular complexity index is 2110. The van der Waals surface area contributed by atoms with Crippen LogP contribution in [0, 0.1) is 6.92 Å². The van der Waals surface area contributed by atoms with Gasteiger partial charge in [0.1, 0.15) is 29.5 Å². The van der Waals surface area contributed by atoms with Crippen LogP contribution in [0.2, 0.25) is 0 Å². The number of hydrogen-bond donors (Lipinski definition) is 0. The van der Waals surface area contributed by atoms with Gasteiger partial charge >= 0.3 is 36.0 Å². The van der Waals surface area contributed by atoms with Crippen molar-refractivity contribution in [1.82, 2.24) is 0 Å². The summed E-state index contributed by atoms with van der Waals surface area (Å²) in [4.78, 5) is 74.0. The Morgan fingerprint density at radius 3 is 1.36 bits per heavy atom. The summed E-state index contributed by atoms with van der Waals surface area (Å²) in [5, 5.41) is 0. The molecule has 0 bridgehead atoms. The van der Waals surface area contributed by atoms with Crippen molar-refractivity contribution in [1.29, 1.82) is 0 Å². The smallest absolute Gasteiger partial charge is 0.463 e. The van der Waals surface area contributed by atoms with E-state index in [1.54, 1.807) is 12.1 Å². The van der Waals surface area contributed by atoms with Crippen molar-refractivity contribution in [3.05, 3.63) is 138 Å². The van der Waals surface area contributed by atoms with Crippen LogP contribution in [0.15, 0.2) is 110 Å². The number of esters is 5. The maximum atomic E-state index is 13.0. The van der Waals surface area contributed by atoms with Crippen molar-refractivity contribution in [3.8, 4) is 17.2 Å². The van der Waals surface area contributed by atoms with E-state index in [1.807, 2.05) is 19.1 Å². The minimum Gasteiger partial charge on any atom is -0.463 e. The number of aryl methyl sites for hydroxylation is 1. The molecular formula is C43H38O15. The van der Waals surface area contributed by atoms with Crippen LogP contribution in [0.25, 0.3) is 0 Å². The van der Waals surface area contributed by atoms with Crippen LogP contribution in [0.3, 0.4) is 0 Å². The molecule has 0 amide bonds. The number of unbranched alkanes of at least 4 members (excludes halogenated alkanes) is 1. The average Bonchev–Trinajstić information content (AvgIpc) is 3.82.